The van der Waals surface area contributed by atoms with E-state index in [0.29, 0.717) is 40.2 Å². The smallest absolute Gasteiger partial charge is 0.287 e. The minimum absolute atomic E-state index is 0.0859. The molecule has 0 aliphatic carbocycles. The zero-order chi connectivity index (χ0) is 24.3. The molecule has 2 aromatic rings. The van der Waals surface area contributed by atoms with E-state index >= 15 is 0 Å². The lowest BCUT2D eigenvalue weighted by atomic mass is 10.1. The molecular formula is C24H27N6O4+. The largest absolute Gasteiger partial charge is 0.497 e. The van der Waals surface area contributed by atoms with Crippen molar-refractivity contribution in [3.05, 3.63) is 60.4 Å². The van der Waals surface area contributed by atoms with Crippen LogP contribution in [0.1, 0.15) is 24.2 Å². The Balaban J connectivity index is 1.68. The number of quaternary nitrogens is 1. The summed E-state index contributed by atoms with van der Waals surface area (Å²) in [5, 5.41) is 20.3. The first kappa shape index (κ1) is 23.1. The zero-order valence-corrected chi connectivity index (χ0v) is 19.4. The van der Waals surface area contributed by atoms with Gasteiger partial charge in [-0.05, 0) is 25.0 Å². The molecule has 1 amide bonds. The molecule has 2 aromatic carbocycles. The van der Waals surface area contributed by atoms with E-state index in [2.05, 4.69) is 20.6 Å². The SMILES string of the molecule is COc1cc(NC2=N[N+]3(c4cccc(C(=O)NC(C)(C)CO)c4)C=CN=CC3=N2)cc(OC)c1. The van der Waals surface area contributed by atoms with E-state index in [1.165, 1.54) is 0 Å². The topological polar surface area (TPSA) is 117 Å². The molecule has 10 nitrogen and oxygen atoms in total. The Morgan fingerprint density at radius 3 is 2.53 bits per heavy atom. The van der Waals surface area contributed by atoms with E-state index in [1.807, 2.05) is 18.2 Å². The van der Waals surface area contributed by atoms with Crippen molar-refractivity contribution in [2.75, 3.05) is 26.1 Å². The Morgan fingerprint density at radius 1 is 1.12 bits per heavy atom. The molecule has 2 aliphatic heterocycles. The highest BCUT2D eigenvalue weighted by Gasteiger charge is 2.43. The van der Waals surface area contributed by atoms with Gasteiger partial charge in [-0.1, -0.05) is 10.7 Å². The van der Waals surface area contributed by atoms with Crippen LogP contribution in [0.15, 0.2) is 70.0 Å². The van der Waals surface area contributed by atoms with Crippen LogP contribution in [0.25, 0.3) is 0 Å². The predicted molar refractivity (Wildman–Crippen MR) is 133 cm³/mol. The number of amides is 1. The van der Waals surface area contributed by atoms with Gasteiger partial charge in [0.2, 0.25) is 0 Å². The summed E-state index contributed by atoms with van der Waals surface area (Å²) in [6.45, 7) is 3.32. The number of guanidine groups is 1. The molecule has 0 bridgehead atoms. The number of carbonyl (C=O) groups excluding carboxylic acids is 1. The molecule has 34 heavy (non-hydrogen) atoms. The molecular weight excluding hydrogens is 436 g/mol. The molecule has 2 heterocycles. The average Bonchev–Trinajstić information content (AvgIpc) is 3.22. The van der Waals surface area contributed by atoms with E-state index in [4.69, 9.17) is 14.6 Å². The maximum atomic E-state index is 12.8. The number of nitrogens with one attached hydrogen (secondary N) is 2. The second-order valence-electron chi connectivity index (χ2n) is 8.43. The molecule has 3 N–H and O–H groups in total. The first-order valence-corrected chi connectivity index (χ1v) is 10.6. The minimum atomic E-state index is -0.745. The van der Waals surface area contributed by atoms with Crippen molar-refractivity contribution < 1.29 is 19.4 Å². The van der Waals surface area contributed by atoms with Crippen LogP contribution in [0.5, 0.6) is 11.5 Å². The maximum absolute atomic E-state index is 12.8. The number of hydrogen-bond donors (Lipinski definition) is 3. The van der Waals surface area contributed by atoms with Gasteiger partial charge in [-0.25, -0.2) is 0 Å². The lowest BCUT2D eigenvalue weighted by Crippen LogP contribution is -2.46. The fourth-order valence-electron chi connectivity index (χ4n) is 3.49. The number of anilines is 1. The Labute approximate surface area is 197 Å². The molecule has 1 atom stereocenters. The van der Waals surface area contributed by atoms with Gasteiger partial charge in [-0.3, -0.25) is 9.79 Å². The molecule has 10 heteroatoms. The lowest BCUT2D eigenvalue weighted by molar-refractivity contribution is 0.0869. The highest BCUT2D eigenvalue weighted by atomic mass is 16.5. The van der Waals surface area contributed by atoms with Crippen LogP contribution >= 0.6 is 0 Å². The van der Waals surface area contributed by atoms with E-state index < -0.39 is 5.54 Å². The predicted octanol–water partition coefficient (Wildman–Crippen LogP) is 2.86. The van der Waals surface area contributed by atoms with Crippen molar-refractivity contribution in [1.82, 2.24) is 9.91 Å². The Kier molecular flexibility index (Phi) is 6.18. The number of aliphatic imine (C=N–C) groups is 2. The summed E-state index contributed by atoms with van der Waals surface area (Å²) in [7, 11) is 3.16. The second-order valence-corrected chi connectivity index (χ2v) is 8.43. The summed E-state index contributed by atoms with van der Waals surface area (Å²) in [6.07, 6.45) is 5.06. The first-order valence-electron chi connectivity index (χ1n) is 10.6. The standard InChI is InChI=1S/C24H26N6O4/c1-24(2,15-31)28-22(32)16-6-5-7-18(10-16)30-9-8-25-14-21(30)27-23(29-30)26-17-11-19(33-3)13-20(12-17)34-4/h5-14,31H,15H2,1-4H3,(H-,26,28,29,32)/p+1. The third-order valence-electron chi connectivity index (χ3n) is 5.34. The number of rotatable bonds is 7. The van der Waals surface area contributed by atoms with Crippen molar-refractivity contribution in [2.24, 2.45) is 15.1 Å². The Bertz CT molecular complexity index is 1210. The molecule has 0 saturated carbocycles. The average molecular weight is 464 g/mol. The van der Waals surface area contributed by atoms with Gasteiger partial charge in [0, 0.05) is 41.6 Å². The summed E-state index contributed by atoms with van der Waals surface area (Å²) < 4.78 is 10.6. The molecule has 2 aliphatic rings. The Hall–Kier alpha value is -4.02. The van der Waals surface area contributed by atoms with E-state index in [0.717, 1.165) is 0 Å². The third kappa shape index (κ3) is 4.54. The van der Waals surface area contributed by atoms with Crippen molar-refractivity contribution in [2.45, 2.75) is 19.4 Å². The number of benzene rings is 2. The van der Waals surface area contributed by atoms with Crippen LogP contribution < -0.4 is 24.7 Å². The highest BCUT2D eigenvalue weighted by molar-refractivity contribution is 6.38. The number of methoxy groups -OCH3 is 2. The number of amidine groups is 1. The normalized spacial score (nSPS) is 18.6. The van der Waals surface area contributed by atoms with Gasteiger partial charge in [0.1, 0.15) is 17.7 Å². The first-order chi connectivity index (χ1) is 16.3. The van der Waals surface area contributed by atoms with Crippen LogP contribution in [0.2, 0.25) is 0 Å². The summed E-state index contributed by atoms with van der Waals surface area (Å²) >= 11 is 0. The summed E-state index contributed by atoms with van der Waals surface area (Å²) in [5.41, 5.74) is 1.09. The maximum Gasteiger partial charge on any atom is 0.287 e. The minimum Gasteiger partial charge on any atom is -0.497 e. The molecule has 0 fully saturated rings. The fraction of sp³-hybridized carbons (Fsp3) is 0.250. The Morgan fingerprint density at radius 2 is 1.85 bits per heavy atom. The number of hydrogen-bond acceptors (Lipinski definition) is 8. The van der Waals surface area contributed by atoms with Gasteiger partial charge >= 0.3 is 0 Å². The number of carbonyl (C=O) groups is 1. The summed E-state index contributed by atoms with van der Waals surface area (Å²) in [6, 6.07) is 12.5. The van der Waals surface area contributed by atoms with E-state index in [1.54, 1.807) is 70.9 Å². The van der Waals surface area contributed by atoms with Crippen LogP contribution in [0, 0.1) is 0 Å². The molecule has 0 radical (unpaired) electrons. The van der Waals surface area contributed by atoms with E-state index in [-0.39, 0.29) is 17.1 Å². The van der Waals surface area contributed by atoms with Gasteiger partial charge in [0.05, 0.1) is 32.6 Å². The molecule has 0 aromatic heterocycles. The van der Waals surface area contributed by atoms with Crippen molar-refractivity contribution in [3.8, 4) is 11.5 Å². The molecule has 4 rings (SSSR count). The molecule has 0 saturated heterocycles. The summed E-state index contributed by atoms with van der Waals surface area (Å²) in [4.78, 5) is 21.6. The molecule has 1 unspecified atom stereocenters. The number of aliphatic hydroxyl groups is 1. The number of aliphatic hydroxyl groups excluding tert-OH is 1. The molecule has 0 spiro atoms. The molecule has 176 valence electrons. The highest BCUT2D eigenvalue weighted by Crippen LogP contribution is 2.32. The van der Waals surface area contributed by atoms with Gasteiger partial charge in [-0.15, -0.1) is 0 Å². The van der Waals surface area contributed by atoms with Crippen LogP contribution in [0.4, 0.5) is 11.4 Å². The van der Waals surface area contributed by atoms with Crippen molar-refractivity contribution in [3.63, 3.8) is 0 Å². The van der Waals surface area contributed by atoms with Gasteiger partial charge < -0.3 is 25.2 Å². The number of ether oxygens (including phenoxy) is 2. The fourth-order valence-corrected chi connectivity index (χ4v) is 3.49. The van der Waals surface area contributed by atoms with Crippen LogP contribution in [-0.2, 0) is 0 Å². The van der Waals surface area contributed by atoms with Gasteiger partial charge in [0.15, 0.2) is 11.9 Å². The zero-order valence-electron chi connectivity index (χ0n) is 19.4. The summed E-state index contributed by atoms with van der Waals surface area (Å²) in [5.74, 6) is 1.88. The van der Waals surface area contributed by atoms with Crippen LogP contribution in [-0.4, -0.2) is 55.4 Å². The van der Waals surface area contributed by atoms with Gasteiger partial charge in [0.25, 0.3) is 17.7 Å². The van der Waals surface area contributed by atoms with E-state index in [9.17, 15) is 9.90 Å². The lowest BCUT2D eigenvalue weighted by Gasteiger charge is -2.25. The van der Waals surface area contributed by atoms with Gasteiger partial charge in [-0.2, -0.15) is 4.99 Å². The van der Waals surface area contributed by atoms with Crippen LogP contribution in [0.3, 0.4) is 0 Å². The quantitative estimate of drug-likeness (QED) is 0.546. The third-order valence-corrected chi connectivity index (χ3v) is 5.34. The number of fused-ring (bicyclic) bond motifs is 1. The number of nitrogens with zero attached hydrogens (tertiary/aromatic N) is 4. The van der Waals surface area contributed by atoms with Crippen molar-refractivity contribution in [1.29, 1.82) is 0 Å². The second kappa shape index (κ2) is 9.08. The van der Waals surface area contributed by atoms with Crippen molar-refractivity contribution >= 4 is 35.3 Å². The monoisotopic (exact) mass is 463 g/mol.